The third-order valence-corrected chi connectivity index (χ3v) is 1.91. The standard InChI is InChI=1S/C10H8N2O2/c13-10(14)8-3-1-2-4-9(8)12-6-5-11-7-12/h1-7H,(H,13,14)/p-1. The van der Waals surface area contributed by atoms with Gasteiger partial charge in [-0.25, -0.2) is 4.98 Å². The zero-order valence-electron chi connectivity index (χ0n) is 7.25. The van der Waals surface area contributed by atoms with Crippen LogP contribution >= 0.6 is 0 Å². The number of aromatic nitrogens is 2. The molecule has 0 radical (unpaired) electrons. The molecule has 4 nitrogen and oxygen atoms in total. The van der Waals surface area contributed by atoms with Crippen LogP contribution in [0.15, 0.2) is 43.0 Å². The minimum Gasteiger partial charge on any atom is -0.545 e. The summed E-state index contributed by atoms with van der Waals surface area (Å²) in [6, 6.07) is 6.63. The van der Waals surface area contributed by atoms with Gasteiger partial charge in [-0.15, -0.1) is 0 Å². The number of carboxylic acid groups (broad SMARTS) is 1. The van der Waals surface area contributed by atoms with Crippen molar-refractivity contribution in [1.29, 1.82) is 0 Å². The monoisotopic (exact) mass is 187 g/mol. The lowest BCUT2D eigenvalue weighted by molar-refractivity contribution is -0.255. The molecule has 0 amide bonds. The molecule has 0 saturated heterocycles. The third-order valence-electron chi connectivity index (χ3n) is 1.91. The molecule has 2 rings (SSSR count). The Morgan fingerprint density at radius 1 is 1.36 bits per heavy atom. The van der Waals surface area contributed by atoms with Gasteiger partial charge in [0.1, 0.15) is 0 Å². The maximum absolute atomic E-state index is 10.8. The first-order valence-corrected chi connectivity index (χ1v) is 4.08. The molecule has 2 aromatic rings. The van der Waals surface area contributed by atoms with Gasteiger partial charge in [-0.2, -0.15) is 0 Å². The number of hydrogen-bond donors (Lipinski definition) is 0. The highest BCUT2D eigenvalue weighted by atomic mass is 16.4. The van der Waals surface area contributed by atoms with Crippen molar-refractivity contribution in [3.05, 3.63) is 48.5 Å². The van der Waals surface area contributed by atoms with Crippen LogP contribution in [-0.2, 0) is 0 Å². The van der Waals surface area contributed by atoms with Gasteiger partial charge in [0, 0.05) is 18.0 Å². The Morgan fingerprint density at radius 2 is 2.14 bits per heavy atom. The summed E-state index contributed by atoms with van der Waals surface area (Å²) in [6.07, 6.45) is 4.82. The van der Waals surface area contributed by atoms with Crippen LogP contribution in [0.2, 0.25) is 0 Å². The van der Waals surface area contributed by atoms with E-state index in [9.17, 15) is 9.90 Å². The van der Waals surface area contributed by atoms with Crippen molar-refractivity contribution in [3.8, 4) is 5.69 Å². The summed E-state index contributed by atoms with van der Waals surface area (Å²) in [5, 5.41) is 10.8. The maximum atomic E-state index is 10.8. The lowest BCUT2D eigenvalue weighted by atomic mass is 10.2. The predicted molar refractivity (Wildman–Crippen MR) is 47.9 cm³/mol. The number of imidazole rings is 1. The van der Waals surface area contributed by atoms with Crippen LogP contribution in [0.25, 0.3) is 5.69 Å². The summed E-state index contributed by atoms with van der Waals surface area (Å²) >= 11 is 0. The van der Waals surface area contributed by atoms with Crippen molar-refractivity contribution in [2.24, 2.45) is 0 Å². The average Bonchev–Trinajstić information content (AvgIpc) is 2.70. The zero-order valence-corrected chi connectivity index (χ0v) is 7.25. The molecule has 0 saturated carbocycles. The molecule has 0 unspecified atom stereocenters. The summed E-state index contributed by atoms with van der Waals surface area (Å²) in [5.74, 6) is -1.19. The van der Waals surface area contributed by atoms with Crippen LogP contribution in [0, 0.1) is 0 Å². The van der Waals surface area contributed by atoms with E-state index in [4.69, 9.17) is 0 Å². The highest BCUT2D eigenvalue weighted by Crippen LogP contribution is 2.12. The van der Waals surface area contributed by atoms with E-state index in [1.165, 1.54) is 6.07 Å². The lowest BCUT2D eigenvalue weighted by Crippen LogP contribution is -2.23. The van der Waals surface area contributed by atoms with E-state index in [1.807, 2.05) is 0 Å². The number of carbonyl (C=O) groups excluding carboxylic acids is 1. The van der Waals surface area contributed by atoms with Gasteiger partial charge in [0.15, 0.2) is 0 Å². The highest BCUT2D eigenvalue weighted by Gasteiger charge is 2.02. The molecule has 0 aliphatic rings. The van der Waals surface area contributed by atoms with Crippen molar-refractivity contribution < 1.29 is 9.90 Å². The summed E-state index contributed by atoms with van der Waals surface area (Å²) in [6.45, 7) is 0. The van der Waals surface area contributed by atoms with Gasteiger partial charge < -0.3 is 14.5 Å². The lowest BCUT2D eigenvalue weighted by Gasteiger charge is -2.09. The number of carboxylic acids is 1. The first-order valence-electron chi connectivity index (χ1n) is 4.08. The van der Waals surface area contributed by atoms with Crippen LogP contribution in [0.3, 0.4) is 0 Å². The van der Waals surface area contributed by atoms with Crippen LogP contribution in [-0.4, -0.2) is 15.5 Å². The number of hydrogen-bond acceptors (Lipinski definition) is 3. The SMILES string of the molecule is O=C([O-])c1ccccc1-n1ccnc1. The topological polar surface area (TPSA) is 57.9 Å². The molecule has 70 valence electrons. The molecule has 0 bridgehead atoms. The molecule has 0 N–H and O–H groups in total. The fraction of sp³-hybridized carbons (Fsp3) is 0. The molecule has 14 heavy (non-hydrogen) atoms. The number of carbonyl (C=O) groups is 1. The van der Waals surface area contributed by atoms with Crippen molar-refractivity contribution in [2.45, 2.75) is 0 Å². The summed E-state index contributed by atoms with van der Waals surface area (Å²) in [4.78, 5) is 14.6. The van der Waals surface area contributed by atoms with Crippen molar-refractivity contribution in [3.63, 3.8) is 0 Å². The van der Waals surface area contributed by atoms with Crippen LogP contribution in [0.5, 0.6) is 0 Å². The van der Waals surface area contributed by atoms with E-state index < -0.39 is 5.97 Å². The van der Waals surface area contributed by atoms with Crippen molar-refractivity contribution in [2.75, 3.05) is 0 Å². The molecule has 1 aromatic heterocycles. The van der Waals surface area contributed by atoms with Gasteiger partial charge in [0.2, 0.25) is 0 Å². The summed E-state index contributed by atoms with van der Waals surface area (Å²) in [5.41, 5.74) is 0.718. The molecule has 1 heterocycles. The average molecular weight is 187 g/mol. The largest absolute Gasteiger partial charge is 0.545 e. The molecule has 0 aliphatic carbocycles. The Balaban J connectivity index is 2.58. The third kappa shape index (κ3) is 1.37. The van der Waals surface area contributed by atoms with Gasteiger partial charge in [0.05, 0.1) is 18.0 Å². The van der Waals surface area contributed by atoms with Gasteiger partial charge in [-0.05, 0) is 6.07 Å². The van der Waals surface area contributed by atoms with E-state index in [2.05, 4.69) is 4.98 Å². The number of aromatic carboxylic acids is 1. The van der Waals surface area contributed by atoms with E-state index in [0.29, 0.717) is 5.69 Å². The Bertz CT molecular complexity index is 449. The highest BCUT2D eigenvalue weighted by molar-refractivity contribution is 5.90. The van der Waals surface area contributed by atoms with E-state index in [1.54, 1.807) is 41.5 Å². The molecular formula is C10H7N2O2-. The Labute approximate surface area is 80.4 Å². The second-order valence-corrected chi connectivity index (χ2v) is 2.77. The smallest absolute Gasteiger partial charge is 0.0991 e. The predicted octanol–water partition coefficient (Wildman–Crippen LogP) is 0.236. The molecule has 1 aromatic carbocycles. The summed E-state index contributed by atoms with van der Waals surface area (Å²) in [7, 11) is 0. The molecule has 0 fully saturated rings. The zero-order chi connectivity index (χ0) is 9.97. The summed E-state index contributed by atoms with van der Waals surface area (Å²) < 4.78 is 1.63. The quantitative estimate of drug-likeness (QED) is 0.676. The molecule has 0 atom stereocenters. The molecule has 4 heteroatoms. The Morgan fingerprint density at radius 3 is 2.79 bits per heavy atom. The van der Waals surface area contributed by atoms with Crippen molar-refractivity contribution in [1.82, 2.24) is 9.55 Å². The minimum atomic E-state index is -1.19. The minimum absolute atomic E-state index is 0.158. The Kier molecular flexibility index (Phi) is 2.02. The second kappa shape index (κ2) is 3.33. The van der Waals surface area contributed by atoms with E-state index in [0.717, 1.165) is 0 Å². The number of para-hydroxylation sites is 1. The van der Waals surface area contributed by atoms with Crippen molar-refractivity contribution >= 4 is 5.97 Å². The first-order chi connectivity index (χ1) is 6.79. The second-order valence-electron chi connectivity index (χ2n) is 2.77. The molecule has 0 spiro atoms. The number of nitrogens with zero attached hydrogens (tertiary/aromatic N) is 2. The van der Waals surface area contributed by atoms with Crippen LogP contribution in [0.4, 0.5) is 0 Å². The van der Waals surface area contributed by atoms with E-state index in [-0.39, 0.29) is 5.56 Å². The molecular weight excluding hydrogens is 180 g/mol. The van der Waals surface area contributed by atoms with Gasteiger partial charge >= 0.3 is 0 Å². The Hall–Kier alpha value is -2.10. The normalized spacial score (nSPS) is 10.0. The maximum Gasteiger partial charge on any atom is 0.0991 e. The fourth-order valence-corrected chi connectivity index (χ4v) is 1.27. The van der Waals surface area contributed by atoms with Crippen LogP contribution in [0.1, 0.15) is 10.4 Å². The van der Waals surface area contributed by atoms with Gasteiger partial charge in [-0.1, -0.05) is 18.2 Å². The molecule has 0 aliphatic heterocycles. The number of rotatable bonds is 2. The number of benzene rings is 1. The van der Waals surface area contributed by atoms with Gasteiger partial charge in [-0.3, -0.25) is 0 Å². The van der Waals surface area contributed by atoms with E-state index >= 15 is 0 Å². The first kappa shape index (κ1) is 8.50. The van der Waals surface area contributed by atoms with Crippen LogP contribution < -0.4 is 5.11 Å². The van der Waals surface area contributed by atoms with Gasteiger partial charge in [0.25, 0.3) is 0 Å². The fourth-order valence-electron chi connectivity index (χ4n) is 1.27.